The number of pyridine rings is 2. The van der Waals surface area contributed by atoms with Gasteiger partial charge in [-0.3, -0.25) is 14.8 Å². The van der Waals surface area contributed by atoms with Crippen molar-refractivity contribution >= 4 is 53.4 Å². The summed E-state index contributed by atoms with van der Waals surface area (Å²) in [5.74, 6) is -1.35. The minimum absolute atomic E-state index is 0. The molecule has 1 amide bonds. The van der Waals surface area contributed by atoms with Gasteiger partial charge in [-0.1, -0.05) is 36.4 Å². The third kappa shape index (κ3) is 12.3. The van der Waals surface area contributed by atoms with Gasteiger partial charge in [0, 0.05) is 88.1 Å². The third-order valence-corrected chi connectivity index (χ3v) is 6.37. The fourth-order valence-electron chi connectivity index (χ4n) is 4.34. The van der Waals surface area contributed by atoms with E-state index in [1.165, 1.54) is 37.2 Å². The van der Waals surface area contributed by atoms with Crippen LogP contribution < -0.4 is 11.1 Å². The molecule has 248 valence electrons. The Hall–Kier alpha value is -4.80. The van der Waals surface area contributed by atoms with E-state index in [0.717, 1.165) is 52.0 Å². The SMILES string of the molecule is CN(C)Cc1ccc2cccc(N)c2n1.CN(C)Cc1ccc2cccc(NC(=O)c3cnccn3)c2n1.O=C(O)c1cnccn1.[3H][B].[U]. The van der Waals surface area contributed by atoms with Gasteiger partial charge in [-0.05, 0) is 53.8 Å². The molecule has 15 heteroatoms. The molecule has 49 heavy (non-hydrogen) atoms. The summed E-state index contributed by atoms with van der Waals surface area (Å²) in [4.78, 5) is 50.7. The Morgan fingerprint density at radius 2 is 1.27 bits per heavy atom. The van der Waals surface area contributed by atoms with Gasteiger partial charge in [-0.15, -0.1) is 0 Å². The van der Waals surface area contributed by atoms with E-state index < -0.39 is 5.97 Å². The standard InChI is InChI=1S/C17H17N5O.C12H15N3.C5H4N2O2.BH.U/c1-22(2)11-13-7-6-12-4-3-5-14(16(12)20-13)21-17(23)15-10-18-8-9-19-15;1-15(2)8-10-7-6-9-4-3-5-11(13)12(9)14-10;8-5(9)4-3-6-1-2-7-4;;/h3-10H,11H2,1-2H3,(H,21,23);3-7H,8,13H2,1-2H3;1-3H,(H,8,9);1H;/i;;;1T;. The van der Waals surface area contributed by atoms with E-state index in [4.69, 9.17) is 12.2 Å². The summed E-state index contributed by atoms with van der Waals surface area (Å²) >= 11 is 0. The summed E-state index contributed by atoms with van der Waals surface area (Å²) < 4.78 is 5.25. The average Bonchev–Trinajstić information content (AvgIpc) is 3.10. The number of amides is 1. The molecule has 13 nitrogen and oxygen atoms in total. The van der Waals surface area contributed by atoms with E-state index in [9.17, 15) is 9.59 Å². The molecule has 4 N–H and O–H groups in total. The molecule has 6 rings (SSSR count). The number of nitrogens with zero attached hydrogens (tertiary/aromatic N) is 8. The zero-order chi connectivity index (χ0) is 35.8. The van der Waals surface area contributed by atoms with Crippen molar-refractivity contribution in [2.24, 2.45) is 0 Å². The first kappa shape index (κ1) is 38.6. The molecule has 2 radical (unpaired) electrons. The molecule has 0 saturated heterocycles. The molecule has 0 fully saturated rings. The van der Waals surface area contributed by atoms with Crippen molar-refractivity contribution in [1.82, 2.24) is 39.7 Å². The van der Waals surface area contributed by atoms with E-state index >= 15 is 0 Å². The zero-order valence-electron chi connectivity index (χ0n) is 28.6. The molecule has 4 heterocycles. The molecule has 0 aliphatic heterocycles. The summed E-state index contributed by atoms with van der Waals surface area (Å²) in [6.07, 6.45) is 8.42. The van der Waals surface area contributed by atoms with E-state index in [0.29, 0.717) is 5.69 Å². The van der Waals surface area contributed by atoms with Crippen molar-refractivity contribution in [2.45, 2.75) is 13.1 Å². The zero-order valence-corrected chi connectivity index (χ0v) is 31.8. The summed E-state index contributed by atoms with van der Waals surface area (Å²) in [6, 6.07) is 19.7. The van der Waals surface area contributed by atoms with Gasteiger partial charge in [0.1, 0.15) is 5.69 Å². The predicted molar refractivity (Wildman–Crippen MR) is 189 cm³/mol. The molecule has 0 aliphatic carbocycles. The van der Waals surface area contributed by atoms with Crippen LogP contribution in [0.15, 0.2) is 97.8 Å². The van der Waals surface area contributed by atoms with Crippen molar-refractivity contribution < 1.29 is 45.8 Å². The van der Waals surface area contributed by atoms with Crippen molar-refractivity contribution in [3.8, 4) is 0 Å². The minimum atomic E-state index is -1.05. The Labute approximate surface area is 311 Å². The van der Waals surface area contributed by atoms with Crippen LogP contribution in [-0.4, -0.2) is 94.6 Å². The second kappa shape index (κ2) is 19.9. The largest absolute Gasteiger partial charge is 0.476 e. The van der Waals surface area contributed by atoms with Crippen LogP contribution in [-0.2, 0) is 13.1 Å². The number of anilines is 2. The molecule has 0 bridgehead atoms. The van der Waals surface area contributed by atoms with Crippen LogP contribution in [0.3, 0.4) is 0 Å². The quantitative estimate of drug-likeness (QED) is 0.157. The number of nitrogens with two attached hydrogens (primary N) is 1. The van der Waals surface area contributed by atoms with E-state index in [1.54, 1.807) is 0 Å². The van der Waals surface area contributed by atoms with Gasteiger partial charge in [0.2, 0.25) is 0 Å². The topological polar surface area (TPSA) is 176 Å². The van der Waals surface area contributed by atoms with Crippen LogP contribution in [0.4, 0.5) is 11.4 Å². The van der Waals surface area contributed by atoms with Gasteiger partial charge >= 0.3 is 5.97 Å². The number of carbonyl (C=O) groups excluding carboxylic acids is 1. The number of hydrogen-bond donors (Lipinski definition) is 3. The van der Waals surface area contributed by atoms with Crippen LogP contribution in [0.1, 0.15) is 32.4 Å². The van der Waals surface area contributed by atoms with Crippen LogP contribution in [0, 0.1) is 31.1 Å². The number of aromatic carboxylic acids is 1. The summed E-state index contributed by atoms with van der Waals surface area (Å²) in [6.45, 7) is 1.58. The number of hydrogen-bond acceptors (Lipinski definition) is 11. The first-order valence-electron chi connectivity index (χ1n) is 15.1. The Kier molecular flexibility index (Phi) is 15.7. The van der Waals surface area contributed by atoms with E-state index in [-0.39, 0.29) is 48.4 Å². The fourth-order valence-corrected chi connectivity index (χ4v) is 4.34. The normalized spacial score (nSPS) is 10.3. The Balaban J connectivity index is 0.000000276. The molecular formula is C34H37BN10O3U. The van der Waals surface area contributed by atoms with Crippen LogP contribution in [0.25, 0.3) is 21.8 Å². The average molecular weight is 885 g/mol. The predicted octanol–water partition coefficient (Wildman–Crippen LogP) is 3.74. The van der Waals surface area contributed by atoms with Gasteiger partial charge < -0.3 is 26.0 Å². The number of aromatic nitrogens is 6. The Morgan fingerprint density at radius 1 is 0.755 bits per heavy atom. The second-order valence-corrected chi connectivity index (χ2v) is 10.8. The first-order chi connectivity index (χ1) is 23.6. The molecule has 0 aliphatic rings. The maximum absolute atomic E-state index is 12.3. The number of rotatable bonds is 7. The molecular weight excluding hydrogens is 845 g/mol. The molecule has 6 aromatic rings. The van der Waals surface area contributed by atoms with Crippen molar-refractivity contribution in [1.29, 1.82) is 1.34 Å². The molecule has 0 unspecified atom stereocenters. The number of benzene rings is 2. The smallest absolute Gasteiger partial charge is 0.356 e. The summed E-state index contributed by atoms with van der Waals surface area (Å²) in [5, 5.41) is 13.2. The maximum atomic E-state index is 12.3. The number of carbonyl (C=O) groups is 2. The van der Waals surface area contributed by atoms with Crippen molar-refractivity contribution in [2.75, 3.05) is 39.2 Å². The molecule has 4 aromatic heterocycles. The summed E-state index contributed by atoms with van der Waals surface area (Å²) in [7, 11) is 11.8. The molecule has 0 atom stereocenters. The van der Waals surface area contributed by atoms with Crippen LogP contribution in [0.5, 0.6) is 0 Å². The Morgan fingerprint density at radius 3 is 1.76 bits per heavy atom. The number of para-hydroxylation sites is 2. The van der Waals surface area contributed by atoms with Gasteiger partial charge in [-0.2, -0.15) is 0 Å². The van der Waals surface area contributed by atoms with E-state index in [2.05, 4.69) is 59.5 Å². The van der Waals surface area contributed by atoms with Crippen LogP contribution >= 0.6 is 0 Å². The van der Waals surface area contributed by atoms with Crippen molar-refractivity contribution in [3.05, 3.63) is 121 Å². The minimum Gasteiger partial charge on any atom is -0.476 e. The molecule has 0 spiro atoms. The molecule has 0 saturated carbocycles. The molecule has 2 aromatic carbocycles. The third-order valence-electron chi connectivity index (χ3n) is 6.37. The number of nitrogen functional groups attached to an aromatic ring is 1. The number of nitrogens with one attached hydrogen (secondary N) is 1. The van der Waals surface area contributed by atoms with Crippen LogP contribution in [0.2, 0.25) is 0 Å². The number of carboxylic acid groups (broad SMARTS) is 1. The monoisotopic (exact) mass is 884 g/mol. The second-order valence-electron chi connectivity index (χ2n) is 10.8. The number of carboxylic acids is 1. The van der Waals surface area contributed by atoms with Gasteiger partial charge in [0.05, 0.1) is 46.2 Å². The van der Waals surface area contributed by atoms with Crippen molar-refractivity contribution in [3.63, 3.8) is 0 Å². The maximum Gasteiger partial charge on any atom is 0.356 e. The fraction of sp³-hybridized carbons (Fsp3) is 0.176. The summed E-state index contributed by atoms with van der Waals surface area (Å²) in [5.41, 5.74) is 11.2. The van der Waals surface area contributed by atoms with Gasteiger partial charge in [0.15, 0.2) is 5.69 Å². The van der Waals surface area contributed by atoms with Gasteiger partial charge in [0.25, 0.3) is 5.91 Å². The Bertz CT molecular complexity index is 1960. The first-order valence-corrected chi connectivity index (χ1v) is 14.5. The number of fused-ring (bicyclic) bond motifs is 2. The van der Waals surface area contributed by atoms with Gasteiger partial charge in [-0.25, -0.2) is 24.7 Å². The van der Waals surface area contributed by atoms with E-state index in [1.807, 2.05) is 82.8 Å².